The Balaban J connectivity index is 5.04. The molecule has 8 nitrogen and oxygen atoms in total. The number of amides is 2. The number of esters is 1. The molecule has 0 aliphatic rings. The first-order valence-electron chi connectivity index (χ1n) is 7.24. The molecule has 0 aromatic carbocycles. The molecule has 0 saturated heterocycles. The summed E-state index contributed by atoms with van der Waals surface area (Å²) in [5, 5.41) is 5.16. The van der Waals surface area contributed by atoms with Gasteiger partial charge in [0.15, 0.2) is 12.4 Å². The van der Waals surface area contributed by atoms with Crippen molar-refractivity contribution in [2.75, 3.05) is 13.2 Å². The van der Waals surface area contributed by atoms with Gasteiger partial charge in [0.1, 0.15) is 6.17 Å². The summed E-state index contributed by atoms with van der Waals surface area (Å²) in [5.41, 5.74) is 0. The van der Waals surface area contributed by atoms with E-state index < -0.39 is 24.5 Å². The van der Waals surface area contributed by atoms with Gasteiger partial charge in [0, 0.05) is 40.4 Å². The largest absolute Gasteiger partial charge is 0.457 e. The van der Waals surface area contributed by atoms with Gasteiger partial charge in [-0.05, 0) is 13.8 Å². The lowest BCUT2D eigenvalue weighted by atomic mass is 10.2. The Hall–Kier alpha value is -1.67. The standard InChI is InChI=1S/C14H26N2O6/c1-6-20-14(21-7-2)12(22-11(5)19)8-13(15-9(3)17)16-10(4)18/h12-14H,6-8H2,1-5H3,(H,15,17)(H,16,18). The Morgan fingerprint density at radius 3 is 1.68 bits per heavy atom. The van der Waals surface area contributed by atoms with Crippen LogP contribution in [-0.2, 0) is 28.6 Å². The minimum Gasteiger partial charge on any atom is -0.457 e. The maximum atomic E-state index is 11.3. The molecule has 8 heteroatoms. The van der Waals surface area contributed by atoms with Gasteiger partial charge in [-0.2, -0.15) is 0 Å². The molecule has 0 aliphatic carbocycles. The van der Waals surface area contributed by atoms with E-state index >= 15 is 0 Å². The summed E-state index contributed by atoms with van der Waals surface area (Å²) in [6.07, 6.45) is -2.10. The van der Waals surface area contributed by atoms with E-state index in [9.17, 15) is 14.4 Å². The second kappa shape index (κ2) is 11.0. The Labute approximate surface area is 130 Å². The molecular formula is C14H26N2O6. The molecule has 1 unspecified atom stereocenters. The maximum Gasteiger partial charge on any atom is 0.303 e. The zero-order valence-electron chi connectivity index (χ0n) is 13.8. The van der Waals surface area contributed by atoms with Gasteiger partial charge in [-0.25, -0.2) is 0 Å². The highest BCUT2D eigenvalue weighted by Gasteiger charge is 2.29. The molecule has 0 bridgehead atoms. The predicted molar refractivity (Wildman–Crippen MR) is 78.6 cm³/mol. The summed E-state index contributed by atoms with van der Waals surface area (Å²) in [7, 11) is 0. The van der Waals surface area contributed by atoms with Crippen molar-refractivity contribution in [3.05, 3.63) is 0 Å². The van der Waals surface area contributed by atoms with Crippen molar-refractivity contribution >= 4 is 17.8 Å². The first-order chi connectivity index (χ1) is 10.3. The van der Waals surface area contributed by atoms with Crippen LogP contribution in [-0.4, -0.2) is 49.6 Å². The van der Waals surface area contributed by atoms with Crippen LogP contribution in [0.1, 0.15) is 41.0 Å². The molecule has 0 heterocycles. The van der Waals surface area contributed by atoms with Gasteiger partial charge in [-0.3, -0.25) is 14.4 Å². The smallest absolute Gasteiger partial charge is 0.303 e. The number of carbonyl (C=O) groups is 3. The van der Waals surface area contributed by atoms with E-state index in [0.717, 1.165) is 0 Å². The fraction of sp³-hybridized carbons (Fsp3) is 0.786. The highest BCUT2D eigenvalue weighted by atomic mass is 16.7. The summed E-state index contributed by atoms with van der Waals surface area (Å²) in [5.74, 6) is -1.13. The number of rotatable bonds is 10. The molecule has 0 aromatic rings. The lowest BCUT2D eigenvalue weighted by Crippen LogP contribution is -2.51. The Kier molecular flexibility index (Phi) is 10.1. The second-order valence-corrected chi connectivity index (χ2v) is 4.62. The SMILES string of the molecule is CCOC(OCC)C(CC(NC(C)=O)NC(C)=O)OC(C)=O. The van der Waals surface area contributed by atoms with E-state index in [4.69, 9.17) is 14.2 Å². The first-order valence-corrected chi connectivity index (χ1v) is 7.24. The topological polar surface area (TPSA) is 103 Å². The van der Waals surface area contributed by atoms with E-state index in [0.29, 0.717) is 13.2 Å². The number of carbonyl (C=O) groups excluding carboxylic acids is 3. The Morgan fingerprint density at radius 1 is 0.909 bits per heavy atom. The molecule has 1 atom stereocenters. The van der Waals surface area contributed by atoms with Crippen molar-refractivity contribution in [1.29, 1.82) is 0 Å². The van der Waals surface area contributed by atoms with Crippen molar-refractivity contribution < 1.29 is 28.6 Å². The van der Waals surface area contributed by atoms with Crippen LogP contribution in [0.2, 0.25) is 0 Å². The molecule has 0 saturated carbocycles. The van der Waals surface area contributed by atoms with E-state index in [-0.39, 0.29) is 18.2 Å². The second-order valence-electron chi connectivity index (χ2n) is 4.62. The van der Waals surface area contributed by atoms with Gasteiger partial charge in [-0.1, -0.05) is 0 Å². The van der Waals surface area contributed by atoms with Crippen LogP contribution in [0.15, 0.2) is 0 Å². The molecule has 2 amide bonds. The van der Waals surface area contributed by atoms with E-state index in [1.165, 1.54) is 20.8 Å². The van der Waals surface area contributed by atoms with Gasteiger partial charge >= 0.3 is 5.97 Å². The molecule has 0 radical (unpaired) electrons. The van der Waals surface area contributed by atoms with Gasteiger partial charge in [-0.15, -0.1) is 0 Å². The molecule has 2 N–H and O–H groups in total. The third-order valence-corrected chi connectivity index (χ3v) is 2.51. The van der Waals surface area contributed by atoms with Gasteiger partial charge in [0.25, 0.3) is 0 Å². The summed E-state index contributed by atoms with van der Waals surface area (Å²) in [6.45, 7) is 8.25. The highest BCUT2D eigenvalue weighted by molar-refractivity contribution is 5.76. The van der Waals surface area contributed by atoms with Gasteiger partial charge in [0.2, 0.25) is 11.8 Å². The number of ether oxygens (including phenoxy) is 3. The van der Waals surface area contributed by atoms with Crippen molar-refractivity contribution in [1.82, 2.24) is 10.6 Å². The van der Waals surface area contributed by atoms with Crippen LogP contribution < -0.4 is 10.6 Å². The third-order valence-electron chi connectivity index (χ3n) is 2.51. The van der Waals surface area contributed by atoms with Crippen LogP contribution in [0.25, 0.3) is 0 Å². The fourth-order valence-corrected chi connectivity index (χ4v) is 1.90. The molecule has 0 fully saturated rings. The Morgan fingerprint density at radius 2 is 1.36 bits per heavy atom. The lowest BCUT2D eigenvalue weighted by molar-refractivity contribution is -0.208. The Bertz CT molecular complexity index is 352. The number of nitrogens with one attached hydrogen (secondary N) is 2. The highest BCUT2D eigenvalue weighted by Crippen LogP contribution is 2.13. The van der Waals surface area contributed by atoms with E-state index in [1.54, 1.807) is 13.8 Å². The third kappa shape index (κ3) is 9.30. The predicted octanol–water partition coefficient (Wildman–Crippen LogP) is 0.306. The zero-order valence-corrected chi connectivity index (χ0v) is 13.8. The molecular weight excluding hydrogens is 292 g/mol. The molecule has 22 heavy (non-hydrogen) atoms. The molecule has 128 valence electrons. The minimum absolute atomic E-state index is 0.128. The van der Waals surface area contributed by atoms with Crippen molar-refractivity contribution in [3.8, 4) is 0 Å². The zero-order chi connectivity index (χ0) is 17.1. The lowest BCUT2D eigenvalue weighted by Gasteiger charge is -2.29. The fourth-order valence-electron chi connectivity index (χ4n) is 1.90. The van der Waals surface area contributed by atoms with Gasteiger partial charge in [0.05, 0.1) is 0 Å². The average molecular weight is 318 g/mol. The molecule has 0 aliphatic heterocycles. The van der Waals surface area contributed by atoms with Crippen molar-refractivity contribution in [3.63, 3.8) is 0 Å². The van der Waals surface area contributed by atoms with Crippen LogP contribution in [0, 0.1) is 0 Å². The van der Waals surface area contributed by atoms with Crippen LogP contribution >= 0.6 is 0 Å². The molecule has 0 spiro atoms. The van der Waals surface area contributed by atoms with Crippen LogP contribution in [0.5, 0.6) is 0 Å². The summed E-state index contributed by atoms with van der Waals surface area (Å²) >= 11 is 0. The maximum absolute atomic E-state index is 11.3. The van der Waals surface area contributed by atoms with E-state index in [1.807, 2.05) is 0 Å². The van der Waals surface area contributed by atoms with Gasteiger partial charge < -0.3 is 24.8 Å². The molecule has 0 rings (SSSR count). The van der Waals surface area contributed by atoms with E-state index in [2.05, 4.69) is 10.6 Å². The van der Waals surface area contributed by atoms with Crippen molar-refractivity contribution in [2.45, 2.75) is 59.6 Å². The minimum atomic E-state index is -0.774. The first kappa shape index (κ1) is 20.3. The number of hydrogen-bond acceptors (Lipinski definition) is 6. The quantitative estimate of drug-likeness (QED) is 0.444. The normalized spacial score (nSPS) is 12.1. The summed E-state index contributed by atoms with van der Waals surface area (Å²) in [6, 6.07) is 0. The van der Waals surface area contributed by atoms with Crippen molar-refractivity contribution in [2.24, 2.45) is 0 Å². The summed E-state index contributed by atoms with van der Waals surface area (Å²) in [4.78, 5) is 33.7. The average Bonchev–Trinajstić information content (AvgIpc) is 2.35. The van der Waals surface area contributed by atoms with Crippen LogP contribution in [0.3, 0.4) is 0 Å². The number of hydrogen-bond donors (Lipinski definition) is 2. The van der Waals surface area contributed by atoms with Crippen LogP contribution in [0.4, 0.5) is 0 Å². The molecule has 0 aromatic heterocycles. The monoisotopic (exact) mass is 318 g/mol. The summed E-state index contributed by atoms with van der Waals surface area (Å²) < 4.78 is 16.1.